The van der Waals surface area contributed by atoms with Gasteiger partial charge in [-0.15, -0.1) is 10.2 Å². The van der Waals surface area contributed by atoms with E-state index in [1.165, 1.54) is 11.8 Å². The van der Waals surface area contributed by atoms with Crippen LogP contribution >= 0.6 is 11.8 Å². The molecule has 3 aromatic rings. The van der Waals surface area contributed by atoms with E-state index >= 15 is 0 Å². The molecule has 7 heteroatoms. The minimum Gasteiger partial charge on any atom is -0.497 e. The summed E-state index contributed by atoms with van der Waals surface area (Å²) in [5.74, 6) is 2.29. The van der Waals surface area contributed by atoms with Gasteiger partial charge in [-0.2, -0.15) is 0 Å². The monoisotopic (exact) mass is 383 g/mol. The lowest BCUT2D eigenvalue weighted by Crippen LogP contribution is -2.14. The number of hydrogen-bond donors (Lipinski definition) is 0. The number of rotatable bonds is 7. The Balaban J connectivity index is 1.74. The Morgan fingerprint density at radius 3 is 2.07 bits per heavy atom. The van der Waals surface area contributed by atoms with Crippen LogP contribution in [0.15, 0.2) is 53.7 Å². The highest BCUT2D eigenvalue weighted by Gasteiger charge is 2.20. The second kappa shape index (κ2) is 8.26. The van der Waals surface area contributed by atoms with Gasteiger partial charge in [0.15, 0.2) is 16.8 Å². The average Bonchev–Trinajstić information content (AvgIpc) is 3.07. The van der Waals surface area contributed by atoms with Gasteiger partial charge < -0.3 is 14.0 Å². The molecule has 0 aliphatic carbocycles. The van der Waals surface area contributed by atoms with Crippen LogP contribution in [0.4, 0.5) is 0 Å². The van der Waals surface area contributed by atoms with Crippen LogP contribution in [0.25, 0.3) is 11.4 Å². The molecule has 0 N–H and O–H groups in total. The number of nitrogens with zero attached hydrogens (tertiary/aromatic N) is 3. The molecule has 0 aliphatic rings. The molecule has 0 amide bonds. The Labute approximate surface area is 162 Å². The zero-order valence-electron chi connectivity index (χ0n) is 15.7. The van der Waals surface area contributed by atoms with Crippen molar-refractivity contribution in [3.8, 4) is 22.9 Å². The van der Waals surface area contributed by atoms with Gasteiger partial charge in [-0.3, -0.25) is 4.79 Å². The second-order valence-electron chi connectivity index (χ2n) is 5.95. The summed E-state index contributed by atoms with van der Waals surface area (Å²) >= 11 is 1.39. The molecule has 0 aliphatic heterocycles. The minimum absolute atomic E-state index is 0.0386. The van der Waals surface area contributed by atoms with E-state index in [4.69, 9.17) is 9.47 Å². The number of carbonyl (C=O) groups is 1. The first-order valence-electron chi connectivity index (χ1n) is 8.42. The van der Waals surface area contributed by atoms with Crippen LogP contribution in [-0.2, 0) is 7.05 Å². The first kappa shape index (κ1) is 19.0. The first-order valence-corrected chi connectivity index (χ1v) is 9.30. The maximum absolute atomic E-state index is 12.7. The molecule has 3 rings (SSSR count). The molecule has 0 radical (unpaired) electrons. The summed E-state index contributed by atoms with van der Waals surface area (Å²) in [6.07, 6.45) is 0. The zero-order valence-corrected chi connectivity index (χ0v) is 16.5. The fraction of sp³-hybridized carbons (Fsp3) is 0.250. The van der Waals surface area contributed by atoms with Crippen LogP contribution in [0.3, 0.4) is 0 Å². The highest BCUT2D eigenvalue weighted by Crippen LogP contribution is 2.28. The number of carbonyl (C=O) groups excluding carboxylic acids is 1. The number of methoxy groups -OCH3 is 2. The van der Waals surface area contributed by atoms with E-state index < -0.39 is 0 Å². The number of ether oxygens (including phenoxy) is 2. The fourth-order valence-corrected chi connectivity index (χ4v) is 3.50. The maximum Gasteiger partial charge on any atom is 0.191 e. The highest BCUT2D eigenvalue weighted by molar-refractivity contribution is 8.00. The van der Waals surface area contributed by atoms with E-state index in [9.17, 15) is 4.79 Å². The highest BCUT2D eigenvalue weighted by atomic mass is 32.2. The van der Waals surface area contributed by atoms with Gasteiger partial charge >= 0.3 is 0 Å². The zero-order chi connectivity index (χ0) is 19.4. The smallest absolute Gasteiger partial charge is 0.191 e. The summed E-state index contributed by atoms with van der Waals surface area (Å²) in [5, 5.41) is 8.93. The molecule has 0 bridgehead atoms. The van der Waals surface area contributed by atoms with Crippen molar-refractivity contribution in [1.29, 1.82) is 0 Å². The molecule has 0 fully saturated rings. The van der Waals surface area contributed by atoms with Crippen molar-refractivity contribution in [2.45, 2.75) is 17.3 Å². The summed E-state index contributed by atoms with van der Waals surface area (Å²) in [6.45, 7) is 1.87. The molecule has 1 unspecified atom stereocenters. The Kier molecular flexibility index (Phi) is 5.81. The second-order valence-corrected chi connectivity index (χ2v) is 7.25. The van der Waals surface area contributed by atoms with Crippen LogP contribution in [-0.4, -0.2) is 40.0 Å². The molecule has 27 heavy (non-hydrogen) atoms. The number of hydrogen-bond acceptors (Lipinski definition) is 6. The van der Waals surface area contributed by atoms with Crippen LogP contribution in [0.5, 0.6) is 11.5 Å². The predicted molar refractivity (Wildman–Crippen MR) is 106 cm³/mol. The third-order valence-electron chi connectivity index (χ3n) is 4.21. The number of thioether (sulfide) groups is 1. The van der Waals surface area contributed by atoms with Crippen molar-refractivity contribution in [1.82, 2.24) is 14.8 Å². The SMILES string of the molecule is COc1ccc(C(=O)C(C)Sc2nnc(-c3ccc(OC)cc3)n2C)cc1. The lowest BCUT2D eigenvalue weighted by Gasteiger charge is -2.10. The van der Waals surface area contributed by atoms with E-state index in [1.807, 2.05) is 42.8 Å². The number of aromatic nitrogens is 3. The standard InChI is InChI=1S/C20H21N3O3S/c1-13(18(24)14-5-9-16(25-3)10-6-14)27-20-22-21-19(23(20)2)15-7-11-17(26-4)12-8-15/h5-13H,1-4H3. The summed E-state index contributed by atoms with van der Waals surface area (Å²) in [7, 11) is 5.13. The maximum atomic E-state index is 12.7. The van der Waals surface area contributed by atoms with Crippen molar-refractivity contribution in [2.75, 3.05) is 14.2 Å². The van der Waals surface area contributed by atoms with Gasteiger partial charge in [0.1, 0.15) is 11.5 Å². The summed E-state index contributed by atoms with van der Waals surface area (Å²) in [4.78, 5) is 12.7. The molecule has 1 aromatic heterocycles. The molecule has 0 saturated heterocycles. The van der Waals surface area contributed by atoms with Crippen molar-refractivity contribution in [2.24, 2.45) is 7.05 Å². The molecule has 6 nitrogen and oxygen atoms in total. The Morgan fingerprint density at radius 1 is 0.963 bits per heavy atom. The average molecular weight is 383 g/mol. The molecule has 1 atom stereocenters. The fourth-order valence-electron chi connectivity index (χ4n) is 2.61. The van der Waals surface area contributed by atoms with E-state index in [-0.39, 0.29) is 11.0 Å². The van der Waals surface area contributed by atoms with Gasteiger partial charge in [0, 0.05) is 18.2 Å². The third-order valence-corrected chi connectivity index (χ3v) is 5.34. The molecule has 0 spiro atoms. The van der Waals surface area contributed by atoms with Crippen LogP contribution in [0.2, 0.25) is 0 Å². The quantitative estimate of drug-likeness (QED) is 0.456. The number of ketones is 1. The van der Waals surface area contributed by atoms with Gasteiger partial charge in [0.05, 0.1) is 19.5 Å². The van der Waals surface area contributed by atoms with Crippen LogP contribution in [0.1, 0.15) is 17.3 Å². The van der Waals surface area contributed by atoms with E-state index in [1.54, 1.807) is 38.5 Å². The van der Waals surface area contributed by atoms with Gasteiger partial charge in [-0.25, -0.2) is 0 Å². The normalized spacial score (nSPS) is 11.9. The molecule has 1 heterocycles. The molecular weight excluding hydrogens is 362 g/mol. The van der Waals surface area contributed by atoms with Crippen molar-refractivity contribution in [3.63, 3.8) is 0 Å². The lowest BCUT2D eigenvalue weighted by molar-refractivity contribution is 0.0994. The molecular formula is C20H21N3O3S. The Hall–Kier alpha value is -2.80. The summed E-state index contributed by atoms with van der Waals surface area (Å²) in [5.41, 5.74) is 1.58. The summed E-state index contributed by atoms with van der Waals surface area (Å²) < 4.78 is 12.2. The van der Waals surface area contributed by atoms with Crippen molar-refractivity contribution in [3.05, 3.63) is 54.1 Å². The van der Waals surface area contributed by atoms with Gasteiger partial charge in [0.25, 0.3) is 0 Å². The lowest BCUT2D eigenvalue weighted by atomic mass is 10.1. The Bertz CT molecular complexity index is 921. The van der Waals surface area contributed by atoms with Gasteiger partial charge in [-0.05, 0) is 55.5 Å². The van der Waals surface area contributed by atoms with E-state index in [0.717, 1.165) is 22.9 Å². The molecule has 0 saturated carbocycles. The summed E-state index contributed by atoms with van der Waals surface area (Å²) in [6, 6.07) is 14.8. The van der Waals surface area contributed by atoms with Crippen molar-refractivity contribution >= 4 is 17.5 Å². The third kappa shape index (κ3) is 4.14. The van der Waals surface area contributed by atoms with E-state index in [2.05, 4.69) is 10.2 Å². The first-order chi connectivity index (χ1) is 13.0. The Morgan fingerprint density at radius 2 is 1.52 bits per heavy atom. The molecule has 2 aromatic carbocycles. The number of Topliss-reactive ketones (excluding diaryl/α,β-unsaturated/α-hetero) is 1. The van der Waals surface area contributed by atoms with Crippen LogP contribution < -0.4 is 9.47 Å². The topological polar surface area (TPSA) is 66.2 Å². The van der Waals surface area contributed by atoms with Gasteiger partial charge in [0.2, 0.25) is 0 Å². The largest absolute Gasteiger partial charge is 0.497 e. The number of benzene rings is 2. The van der Waals surface area contributed by atoms with Crippen LogP contribution in [0, 0.1) is 0 Å². The minimum atomic E-state index is -0.287. The van der Waals surface area contributed by atoms with E-state index in [0.29, 0.717) is 10.7 Å². The van der Waals surface area contributed by atoms with Gasteiger partial charge in [-0.1, -0.05) is 11.8 Å². The predicted octanol–water partition coefficient (Wildman–Crippen LogP) is 3.86. The van der Waals surface area contributed by atoms with Crippen molar-refractivity contribution < 1.29 is 14.3 Å². The molecule has 140 valence electrons.